The van der Waals surface area contributed by atoms with Crippen LogP contribution >= 0.6 is 0 Å². The summed E-state index contributed by atoms with van der Waals surface area (Å²) in [6.07, 6.45) is 12.2. The molecule has 4 saturated carbocycles. The van der Waals surface area contributed by atoms with Gasteiger partial charge in [0.2, 0.25) is 5.91 Å². The molecule has 0 radical (unpaired) electrons. The topological polar surface area (TPSA) is 69.9 Å². The number of hydrogen-bond donors (Lipinski definition) is 2. The molecule has 4 bridgehead atoms. The lowest BCUT2D eigenvalue weighted by Crippen LogP contribution is -2.47. The zero-order valence-electron chi connectivity index (χ0n) is 18.3. The molecule has 2 aromatic heterocycles. The molecule has 1 saturated heterocycles. The number of piperidine rings is 1. The van der Waals surface area contributed by atoms with Crippen molar-refractivity contribution in [2.45, 2.75) is 70.4 Å². The van der Waals surface area contributed by atoms with Gasteiger partial charge in [0.25, 0.3) is 0 Å². The zero-order valence-corrected chi connectivity index (χ0v) is 18.3. The number of hydrogen-bond acceptors (Lipinski definition) is 4. The van der Waals surface area contributed by atoms with Crippen molar-refractivity contribution in [3.63, 3.8) is 0 Å². The average Bonchev–Trinajstić information content (AvgIpc) is 3.12. The van der Waals surface area contributed by atoms with Crippen molar-refractivity contribution in [2.75, 3.05) is 18.4 Å². The molecule has 2 aromatic rings. The number of amides is 1. The number of carbonyl (C=O) groups excluding carboxylic acids is 1. The maximum atomic E-state index is 13.1. The molecule has 2 N–H and O–H groups in total. The molecule has 0 aromatic carbocycles. The summed E-state index contributed by atoms with van der Waals surface area (Å²) in [6, 6.07) is 5.95. The fraction of sp³-hybridized carbons (Fsp3) is 0.680. The molecule has 6 nitrogen and oxygen atoms in total. The van der Waals surface area contributed by atoms with Crippen LogP contribution in [0.5, 0.6) is 0 Å². The summed E-state index contributed by atoms with van der Waals surface area (Å²) < 4.78 is 2.02. The van der Waals surface area contributed by atoms with E-state index in [2.05, 4.69) is 16.4 Å². The highest BCUT2D eigenvalue weighted by Crippen LogP contribution is 2.61. The number of pyridine rings is 1. The molecule has 5 aliphatic rings. The third-order valence-electron chi connectivity index (χ3n) is 8.45. The minimum absolute atomic E-state index is 0.159. The van der Waals surface area contributed by atoms with Crippen LogP contribution < -0.4 is 5.32 Å². The van der Waals surface area contributed by atoms with E-state index in [1.165, 1.54) is 38.5 Å². The second-order valence-electron chi connectivity index (χ2n) is 11.0. The second-order valence-corrected chi connectivity index (χ2v) is 11.0. The molecule has 0 atom stereocenters. The van der Waals surface area contributed by atoms with Crippen LogP contribution in [0.4, 0.5) is 5.82 Å². The van der Waals surface area contributed by atoms with Crippen LogP contribution in [-0.2, 0) is 11.3 Å². The quantitative estimate of drug-likeness (QED) is 0.768. The van der Waals surface area contributed by atoms with Crippen LogP contribution in [0.1, 0.15) is 63.5 Å². The lowest BCUT2D eigenvalue weighted by molar-refractivity contribution is -0.124. The van der Waals surface area contributed by atoms with Gasteiger partial charge in [0.1, 0.15) is 11.5 Å². The standard InChI is InChI=1S/C25H34N4O2/c30-21-4-6-28(7-5-21)15-20-16-29-22(26-20)2-1-3-23(29)27-24(31)14-25-11-17-8-18(12-25)10-19(9-17)13-25/h1-3,16-19,21,30H,4-15H2,(H,27,31). The number of imidazole rings is 1. The van der Waals surface area contributed by atoms with Crippen LogP contribution in [0, 0.1) is 23.2 Å². The van der Waals surface area contributed by atoms with Gasteiger partial charge < -0.3 is 10.4 Å². The van der Waals surface area contributed by atoms with E-state index < -0.39 is 0 Å². The van der Waals surface area contributed by atoms with Gasteiger partial charge in [-0.1, -0.05) is 6.07 Å². The predicted molar refractivity (Wildman–Crippen MR) is 120 cm³/mol. The second kappa shape index (κ2) is 7.59. The Bertz CT molecular complexity index is 940. The Morgan fingerprint density at radius 3 is 2.45 bits per heavy atom. The minimum atomic E-state index is -0.159. The fourth-order valence-corrected chi connectivity index (χ4v) is 7.58. The minimum Gasteiger partial charge on any atom is -0.393 e. The summed E-state index contributed by atoms with van der Waals surface area (Å²) in [6.45, 7) is 2.60. The van der Waals surface area contributed by atoms with E-state index in [1.807, 2.05) is 22.6 Å². The average molecular weight is 423 g/mol. The van der Waals surface area contributed by atoms with Crippen LogP contribution in [0.3, 0.4) is 0 Å². The molecule has 7 rings (SSSR count). The number of nitrogens with zero attached hydrogens (tertiary/aromatic N) is 3. The molecule has 3 heterocycles. The maximum absolute atomic E-state index is 13.1. The smallest absolute Gasteiger partial charge is 0.226 e. The van der Waals surface area contributed by atoms with Gasteiger partial charge in [-0.05, 0) is 86.7 Å². The predicted octanol–water partition coefficient (Wildman–Crippen LogP) is 3.84. The molecule has 4 aliphatic carbocycles. The summed E-state index contributed by atoms with van der Waals surface area (Å²) in [4.78, 5) is 20.2. The summed E-state index contributed by atoms with van der Waals surface area (Å²) in [5, 5.41) is 12.9. The molecular formula is C25H34N4O2. The molecular weight excluding hydrogens is 388 g/mol. The van der Waals surface area contributed by atoms with Crippen LogP contribution in [0.15, 0.2) is 24.4 Å². The van der Waals surface area contributed by atoms with E-state index in [4.69, 9.17) is 4.98 Å². The van der Waals surface area contributed by atoms with Gasteiger partial charge in [-0.2, -0.15) is 0 Å². The van der Waals surface area contributed by atoms with Crippen molar-refractivity contribution in [1.82, 2.24) is 14.3 Å². The molecule has 0 unspecified atom stereocenters. The molecule has 31 heavy (non-hydrogen) atoms. The lowest BCUT2D eigenvalue weighted by atomic mass is 9.49. The van der Waals surface area contributed by atoms with Gasteiger partial charge in [-0.3, -0.25) is 14.1 Å². The first-order valence-corrected chi connectivity index (χ1v) is 12.2. The van der Waals surface area contributed by atoms with Crippen LogP contribution in [-0.4, -0.2) is 44.5 Å². The normalized spacial score (nSPS) is 33.3. The fourth-order valence-electron chi connectivity index (χ4n) is 7.58. The molecule has 1 aliphatic heterocycles. The lowest BCUT2D eigenvalue weighted by Gasteiger charge is -2.56. The van der Waals surface area contributed by atoms with E-state index in [1.54, 1.807) is 0 Å². The van der Waals surface area contributed by atoms with Crippen molar-refractivity contribution < 1.29 is 9.90 Å². The highest BCUT2D eigenvalue weighted by atomic mass is 16.3. The first-order chi connectivity index (χ1) is 15.0. The van der Waals surface area contributed by atoms with Crippen molar-refractivity contribution in [1.29, 1.82) is 0 Å². The van der Waals surface area contributed by atoms with Crippen molar-refractivity contribution in [2.24, 2.45) is 23.2 Å². The highest BCUT2D eigenvalue weighted by molar-refractivity contribution is 5.90. The number of nitrogens with one attached hydrogen (secondary N) is 1. The molecule has 1 amide bonds. The Hall–Kier alpha value is -1.92. The third-order valence-corrected chi connectivity index (χ3v) is 8.45. The van der Waals surface area contributed by atoms with Crippen molar-refractivity contribution in [3.05, 3.63) is 30.1 Å². The number of anilines is 1. The monoisotopic (exact) mass is 422 g/mol. The Kier molecular flexibility index (Phi) is 4.83. The SMILES string of the molecule is O=C(CC12CC3CC(CC(C3)C1)C2)Nc1cccc2nc(CN3CCC(O)CC3)cn12. The summed E-state index contributed by atoms with van der Waals surface area (Å²) in [7, 11) is 0. The first kappa shape index (κ1) is 19.7. The Labute approximate surface area is 184 Å². The number of fused-ring (bicyclic) bond motifs is 1. The van der Waals surface area contributed by atoms with Gasteiger partial charge >= 0.3 is 0 Å². The highest BCUT2D eigenvalue weighted by Gasteiger charge is 2.51. The Morgan fingerprint density at radius 2 is 1.77 bits per heavy atom. The Morgan fingerprint density at radius 1 is 1.10 bits per heavy atom. The molecule has 5 fully saturated rings. The number of aromatic nitrogens is 2. The van der Waals surface area contributed by atoms with Crippen LogP contribution in [0.2, 0.25) is 0 Å². The number of carbonyl (C=O) groups is 1. The first-order valence-electron chi connectivity index (χ1n) is 12.2. The molecule has 166 valence electrons. The summed E-state index contributed by atoms with van der Waals surface area (Å²) in [5.74, 6) is 3.59. The largest absolute Gasteiger partial charge is 0.393 e. The van der Waals surface area contributed by atoms with Crippen molar-refractivity contribution in [3.8, 4) is 0 Å². The van der Waals surface area contributed by atoms with Crippen LogP contribution in [0.25, 0.3) is 5.65 Å². The van der Waals surface area contributed by atoms with Gasteiger partial charge in [0.05, 0.1) is 11.8 Å². The molecule has 0 spiro atoms. The van der Waals surface area contributed by atoms with E-state index >= 15 is 0 Å². The number of likely N-dealkylation sites (tertiary alicyclic amines) is 1. The van der Waals surface area contributed by atoms with Crippen molar-refractivity contribution >= 4 is 17.4 Å². The van der Waals surface area contributed by atoms with E-state index in [0.717, 1.165) is 67.4 Å². The van der Waals surface area contributed by atoms with Gasteiger partial charge in [0, 0.05) is 32.3 Å². The number of rotatable bonds is 5. The van der Waals surface area contributed by atoms with E-state index in [-0.39, 0.29) is 17.4 Å². The van der Waals surface area contributed by atoms with E-state index in [9.17, 15) is 9.90 Å². The Balaban J connectivity index is 1.15. The maximum Gasteiger partial charge on any atom is 0.226 e. The zero-order chi connectivity index (χ0) is 21.0. The third kappa shape index (κ3) is 3.89. The number of aliphatic hydroxyl groups excluding tert-OH is 1. The van der Waals surface area contributed by atoms with Gasteiger partial charge in [-0.15, -0.1) is 0 Å². The van der Waals surface area contributed by atoms with Gasteiger partial charge in [-0.25, -0.2) is 4.98 Å². The number of aliphatic hydroxyl groups is 1. The summed E-state index contributed by atoms with van der Waals surface area (Å²) >= 11 is 0. The van der Waals surface area contributed by atoms with Gasteiger partial charge in [0.15, 0.2) is 0 Å². The molecule has 6 heteroatoms. The summed E-state index contributed by atoms with van der Waals surface area (Å²) in [5.41, 5.74) is 2.14. The van der Waals surface area contributed by atoms with E-state index in [0.29, 0.717) is 6.42 Å².